The van der Waals surface area contributed by atoms with Crippen molar-refractivity contribution >= 4 is 22.7 Å². The highest BCUT2D eigenvalue weighted by molar-refractivity contribution is 6.45. The molecule has 0 saturated heterocycles. The van der Waals surface area contributed by atoms with Crippen molar-refractivity contribution in [3.05, 3.63) is 16.3 Å². The largest absolute Gasteiger partial charge is 0.268 e. The fourth-order valence-electron chi connectivity index (χ4n) is 2.00. The normalized spacial score (nSPS) is 15.2. The van der Waals surface area contributed by atoms with E-state index in [0.717, 1.165) is 36.4 Å². The minimum absolute atomic E-state index is 0.969. The Morgan fingerprint density at radius 1 is 1.57 bits per heavy atom. The molecule has 0 unspecified atom stereocenters. The highest BCUT2D eigenvalue weighted by Gasteiger charge is 2.10. The lowest BCUT2D eigenvalue weighted by molar-refractivity contribution is 0.714. The molecule has 1 heterocycles. The Morgan fingerprint density at radius 3 is 3.07 bits per heavy atom. The smallest absolute Gasteiger partial charge is 0.0714 e. The van der Waals surface area contributed by atoms with Gasteiger partial charge in [-0.25, -0.2) is 0 Å². The summed E-state index contributed by atoms with van der Waals surface area (Å²) in [6.45, 7) is 2.17. The number of hydrogen-bond acceptors (Lipinski definition) is 1. The van der Waals surface area contributed by atoms with Gasteiger partial charge in [-0.3, -0.25) is 4.68 Å². The summed E-state index contributed by atoms with van der Waals surface area (Å²) in [5.74, 6) is 0. The maximum atomic E-state index is 6.24. The van der Waals surface area contributed by atoms with Crippen LogP contribution in [0.25, 0.3) is 11.1 Å². The molecule has 14 heavy (non-hydrogen) atoms. The molecule has 0 aromatic carbocycles. The van der Waals surface area contributed by atoms with Crippen molar-refractivity contribution in [2.24, 2.45) is 7.05 Å². The summed E-state index contributed by atoms with van der Waals surface area (Å²) in [7, 11) is 1.99. The summed E-state index contributed by atoms with van der Waals surface area (Å²) in [6, 6.07) is 0. The SMILES string of the molecule is CCCc1nn(C)c2c1=C(Cl)CCC=2. The van der Waals surface area contributed by atoms with E-state index in [9.17, 15) is 0 Å². The van der Waals surface area contributed by atoms with E-state index in [-0.39, 0.29) is 0 Å². The standard InChI is InChI=1S/C11H15ClN2/c1-3-5-9-11-8(12)6-4-7-10(11)14(2)13-9/h7H,3-6H2,1-2H3. The molecule has 0 aliphatic heterocycles. The molecule has 76 valence electrons. The van der Waals surface area contributed by atoms with Crippen molar-refractivity contribution in [1.82, 2.24) is 9.78 Å². The number of aryl methyl sites for hydroxylation is 2. The molecule has 1 aromatic heterocycles. The van der Waals surface area contributed by atoms with E-state index in [1.807, 2.05) is 11.7 Å². The Bertz CT molecular complexity index is 456. The molecule has 0 radical (unpaired) electrons. The van der Waals surface area contributed by atoms with Crippen LogP contribution in [-0.4, -0.2) is 9.78 Å². The number of fused-ring (bicyclic) bond motifs is 1. The van der Waals surface area contributed by atoms with Gasteiger partial charge in [-0.15, -0.1) is 0 Å². The average Bonchev–Trinajstić information content (AvgIpc) is 2.46. The van der Waals surface area contributed by atoms with E-state index < -0.39 is 0 Å². The Kier molecular flexibility index (Phi) is 2.64. The van der Waals surface area contributed by atoms with Gasteiger partial charge < -0.3 is 0 Å². The van der Waals surface area contributed by atoms with Crippen molar-refractivity contribution in [2.45, 2.75) is 32.6 Å². The zero-order chi connectivity index (χ0) is 10.1. The van der Waals surface area contributed by atoms with E-state index in [2.05, 4.69) is 18.1 Å². The first-order valence-corrected chi connectivity index (χ1v) is 5.52. The summed E-state index contributed by atoms with van der Waals surface area (Å²) >= 11 is 6.24. The van der Waals surface area contributed by atoms with Crippen LogP contribution in [0.2, 0.25) is 0 Å². The van der Waals surface area contributed by atoms with Gasteiger partial charge in [0.2, 0.25) is 0 Å². The zero-order valence-corrected chi connectivity index (χ0v) is 9.43. The molecule has 2 nitrogen and oxygen atoms in total. The Morgan fingerprint density at radius 2 is 2.36 bits per heavy atom. The molecule has 0 atom stereocenters. The number of rotatable bonds is 2. The summed E-state index contributed by atoms with van der Waals surface area (Å²) in [6.07, 6.45) is 6.38. The summed E-state index contributed by atoms with van der Waals surface area (Å²) in [5, 5.41) is 7.89. The third kappa shape index (κ3) is 1.48. The van der Waals surface area contributed by atoms with Crippen LogP contribution in [-0.2, 0) is 13.5 Å². The van der Waals surface area contributed by atoms with Gasteiger partial charge in [0.05, 0.1) is 11.0 Å². The van der Waals surface area contributed by atoms with Crippen LogP contribution in [0, 0.1) is 0 Å². The van der Waals surface area contributed by atoms with Gasteiger partial charge in [-0.2, -0.15) is 5.10 Å². The van der Waals surface area contributed by atoms with E-state index in [1.165, 1.54) is 10.6 Å². The van der Waals surface area contributed by atoms with E-state index in [0.29, 0.717) is 0 Å². The lowest BCUT2D eigenvalue weighted by Crippen LogP contribution is -2.32. The molecule has 0 amide bonds. The van der Waals surface area contributed by atoms with Crippen LogP contribution in [0.3, 0.4) is 0 Å². The lowest BCUT2D eigenvalue weighted by Gasteiger charge is -2.01. The molecule has 1 aromatic rings. The lowest BCUT2D eigenvalue weighted by atomic mass is 10.1. The zero-order valence-electron chi connectivity index (χ0n) is 8.68. The van der Waals surface area contributed by atoms with Crippen molar-refractivity contribution in [2.75, 3.05) is 0 Å². The third-order valence-electron chi connectivity index (χ3n) is 2.62. The topological polar surface area (TPSA) is 17.8 Å². The van der Waals surface area contributed by atoms with E-state index >= 15 is 0 Å². The summed E-state index contributed by atoms with van der Waals surface area (Å²) in [4.78, 5) is 0. The molecule has 1 aliphatic rings. The molecule has 0 saturated carbocycles. The summed E-state index contributed by atoms with van der Waals surface area (Å²) in [5.41, 5.74) is 1.16. The highest BCUT2D eigenvalue weighted by Crippen LogP contribution is 2.12. The van der Waals surface area contributed by atoms with E-state index in [4.69, 9.17) is 11.6 Å². The van der Waals surface area contributed by atoms with Crippen LogP contribution in [0.5, 0.6) is 0 Å². The first-order chi connectivity index (χ1) is 6.74. The molecular weight excluding hydrogens is 196 g/mol. The third-order valence-corrected chi connectivity index (χ3v) is 3.00. The van der Waals surface area contributed by atoms with Crippen LogP contribution in [0.1, 0.15) is 31.9 Å². The fourth-order valence-corrected chi connectivity index (χ4v) is 2.31. The van der Waals surface area contributed by atoms with Gasteiger partial charge in [0.1, 0.15) is 0 Å². The van der Waals surface area contributed by atoms with Crippen molar-refractivity contribution in [3.63, 3.8) is 0 Å². The van der Waals surface area contributed by atoms with Crippen LogP contribution in [0.4, 0.5) is 0 Å². The second-order valence-electron chi connectivity index (χ2n) is 3.73. The van der Waals surface area contributed by atoms with Crippen LogP contribution < -0.4 is 10.6 Å². The molecular formula is C11H15ClN2. The molecule has 0 N–H and O–H groups in total. The van der Waals surface area contributed by atoms with Crippen molar-refractivity contribution in [1.29, 1.82) is 0 Å². The van der Waals surface area contributed by atoms with Crippen molar-refractivity contribution in [3.8, 4) is 0 Å². The first kappa shape index (κ1) is 9.78. The van der Waals surface area contributed by atoms with Crippen LogP contribution >= 0.6 is 11.6 Å². The summed E-state index contributed by atoms with van der Waals surface area (Å²) < 4.78 is 1.95. The average molecular weight is 211 g/mol. The predicted molar refractivity (Wildman–Crippen MR) is 59.4 cm³/mol. The van der Waals surface area contributed by atoms with E-state index in [1.54, 1.807) is 0 Å². The van der Waals surface area contributed by atoms with Gasteiger partial charge in [-0.1, -0.05) is 31.0 Å². The van der Waals surface area contributed by atoms with Gasteiger partial charge in [0.25, 0.3) is 0 Å². The minimum Gasteiger partial charge on any atom is -0.268 e. The molecule has 1 aliphatic carbocycles. The minimum atomic E-state index is 0.969. The molecule has 0 fully saturated rings. The van der Waals surface area contributed by atoms with Gasteiger partial charge in [-0.05, 0) is 19.3 Å². The number of nitrogens with zero attached hydrogens (tertiary/aromatic N) is 2. The second kappa shape index (κ2) is 3.77. The maximum Gasteiger partial charge on any atom is 0.0714 e. The predicted octanol–water partition coefficient (Wildman–Crippen LogP) is 1.29. The Labute approximate surface area is 88.9 Å². The Balaban J connectivity index is 2.72. The first-order valence-electron chi connectivity index (χ1n) is 5.14. The number of hydrogen-bond donors (Lipinski definition) is 0. The molecule has 0 bridgehead atoms. The van der Waals surface area contributed by atoms with Gasteiger partial charge in [0.15, 0.2) is 0 Å². The quantitative estimate of drug-likeness (QED) is 0.720. The molecule has 2 rings (SSSR count). The highest BCUT2D eigenvalue weighted by atomic mass is 35.5. The number of aromatic nitrogens is 2. The molecule has 0 spiro atoms. The Hall–Kier alpha value is -0.760. The maximum absolute atomic E-state index is 6.24. The molecule has 3 heteroatoms. The second-order valence-corrected chi connectivity index (χ2v) is 4.18. The van der Waals surface area contributed by atoms with Gasteiger partial charge in [0, 0.05) is 17.3 Å². The monoisotopic (exact) mass is 210 g/mol. The van der Waals surface area contributed by atoms with Crippen molar-refractivity contribution < 1.29 is 0 Å². The number of halogens is 1. The fraction of sp³-hybridized carbons (Fsp3) is 0.545. The van der Waals surface area contributed by atoms with Gasteiger partial charge >= 0.3 is 0 Å². The van der Waals surface area contributed by atoms with Crippen LogP contribution in [0.15, 0.2) is 0 Å².